The monoisotopic (exact) mass is 340 g/mol. The van der Waals surface area contributed by atoms with Gasteiger partial charge in [-0.25, -0.2) is 0 Å². The second-order valence-electron chi connectivity index (χ2n) is 9.63. The molecule has 0 unspecified atom stereocenters. The van der Waals surface area contributed by atoms with E-state index in [0.29, 0.717) is 0 Å². The summed E-state index contributed by atoms with van der Waals surface area (Å²) in [5.74, 6) is 0. The summed E-state index contributed by atoms with van der Waals surface area (Å²) in [5, 5.41) is 2.76. The van der Waals surface area contributed by atoms with Crippen LogP contribution in [0.5, 0.6) is 0 Å². The van der Waals surface area contributed by atoms with E-state index >= 15 is 0 Å². The van der Waals surface area contributed by atoms with Crippen LogP contribution < -0.4 is 0 Å². The van der Waals surface area contributed by atoms with Crippen molar-refractivity contribution in [3.05, 3.63) is 71.8 Å². The lowest BCUT2D eigenvalue weighted by molar-refractivity contribution is 0.00879. The van der Waals surface area contributed by atoms with Gasteiger partial charge in [0.05, 0.1) is 0 Å². The minimum atomic E-state index is 0.0776. The molecule has 26 heavy (non-hydrogen) atoms. The van der Waals surface area contributed by atoms with Gasteiger partial charge in [-0.2, -0.15) is 0 Å². The Morgan fingerprint density at radius 3 is 2.08 bits per heavy atom. The van der Waals surface area contributed by atoms with Crippen molar-refractivity contribution in [2.45, 2.75) is 52.4 Å². The molecular weight excluding hydrogens is 312 g/mol. The third-order valence-electron chi connectivity index (χ3n) is 7.57. The van der Waals surface area contributed by atoms with Crippen LogP contribution in [0.25, 0.3) is 21.9 Å². The molecule has 1 fully saturated rings. The molecule has 3 aromatic rings. The van der Waals surface area contributed by atoms with Gasteiger partial charge in [-0.15, -0.1) is 0 Å². The van der Waals surface area contributed by atoms with Crippen molar-refractivity contribution in [3.63, 3.8) is 0 Å². The van der Waals surface area contributed by atoms with Crippen molar-refractivity contribution in [1.82, 2.24) is 0 Å². The Bertz CT molecular complexity index is 1000. The van der Waals surface area contributed by atoms with E-state index in [9.17, 15) is 0 Å². The largest absolute Gasteiger partial charge is 0.0619 e. The molecule has 1 saturated carbocycles. The lowest BCUT2D eigenvalue weighted by Crippen LogP contribution is -2.55. The zero-order valence-electron chi connectivity index (χ0n) is 16.4. The number of rotatable bonds is 0. The van der Waals surface area contributed by atoms with Gasteiger partial charge in [0.25, 0.3) is 0 Å². The lowest BCUT2D eigenvalue weighted by atomic mass is 9.44. The SMILES string of the molecule is CC1(C)CCCC(C)(C)C12c1ccccc1-c1c2ccc2ccccc12. The second-order valence-corrected chi connectivity index (χ2v) is 9.63. The van der Waals surface area contributed by atoms with Crippen molar-refractivity contribution >= 4 is 10.8 Å². The normalized spacial score (nSPS) is 21.5. The van der Waals surface area contributed by atoms with Crippen LogP contribution in [0, 0.1) is 10.8 Å². The molecule has 0 radical (unpaired) electrons. The maximum atomic E-state index is 2.51. The highest BCUT2D eigenvalue weighted by Crippen LogP contribution is 2.69. The van der Waals surface area contributed by atoms with E-state index < -0.39 is 0 Å². The van der Waals surface area contributed by atoms with Crippen molar-refractivity contribution in [1.29, 1.82) is 0 Å². The van der Waals surface area contributed by atoms with Crippen LogP contribution in [0.2, 0.25) is 0 Å². The minimum Gasteiger partial charge on any atom is -0.0619 e. The van der Waals surface area contributed by atoms with E-state index in [0.717, 1.165) is 0 Å². The van der Waals surface area contributed by atoms with E-state index in [-0.39, 0.29) is 16.2 Å². The first-order chi connectivity index (χ1) is 12.4. The Morgan fingerprint density at radius 1 is 0.654 bits per heavy atom. The van der Waals surface area contributed by atoms with Crippen LogP contribution in [0.15, 0.2) is 60.7 Å². The van der Waals surface area contributed by atoms with E-state index in [4.69, 9.17) is 0 Å². The summed E-state index contributed by atoms with van der Waals surface area (Å²) in [6.45, 7) is 10.0. The van der Waals surface area contributed by atoms with Crippen LogP contribution in [-0.4, -0.2) is 0 Å². The Kier molecular flexibility index (Phi) is 3.10. The van der Waals surface area contributed by atoms with Gasteiger partial charge < -0.3 is 0 Å². The number of benzene rings is 3. The zero-order valence-corrected chi connectivity index (χ0v) is 16.4. The molecule has 0 aliphatic heterocycles. The minimum absolute atomic E-state index is 0.0776. The van der Waals surface area contributed by atoms with Crippen LogP contribution in [0.1, 0.15) is 58.1 Å². The first kappa shape index (κ1) is 16.1. The molecule has 0 heteroatoms. The molecule has 2 aliphatic carbocycles. The van der Waals surface area contributed by atoms with Crippen LogP contribution >= 0.6 is 0 Å². The molecule has 2 aliphatic rings. The van der Waals surface area contributed by atoms with Crippen LogP contribution in [0.4, 0.5) is 0 Å². The van der Waals surface area contributed by atoms with Crippen molar-refractivity contribution in [2.24, 2.45) is 10.8 Å². The highest BCUT2D eigenvalue weighted by molar-refractivity contribution is 6.02. The lowest BCUT2D eigenvalue weighted by Gasteiger charge is -2.59. The molecule has 0 aromatic heterocycles. The van der Waals surface area contributed by atoms with Crippen LogP contribution in [0.3, 0.4) is 0 Å². The molecule has 0 saturated heterocycles. The summed E-state index contributed by atoms with van der Waals surface area (Å²) in [5.41, 5.74) is 6.61. The van der Waals surface area contributed by atoms with Gasteiger partial charge in [-0.05, 0) is 56.7 Å². The molecule has 5 rings (SSSR count). The predicted octanol–water partition coefficient (Wildman–Crippen LogP) is 7.34. The molecule has 0 bridgehead atoms. The fraction of sp³-hybridized carbons (Fsp3) is 0.385. The maximum absolute atomic E-state index is 2.51. The van der Waals surface area contributed by atoms with E-state index in [1.807, 2.05) is 0 Å². The molecule has 0 heterocycles. The Morgan fingerprint density at radius 2 is 1.31 bits per heavy atom. The Hall–Kier alpha value is -2.08. The summed E-state index contributed by atoms with van der Waals surface area (Å²) in [7, 11) is 0. The molecule has 0 nitrogen and oxygen atoms in total. The Balaban J connectivity index is 2.00. The highest BCUT2D eigenvalue weighted by Gasteiger charge is 2.62. The number of hydrogen-bond acceptors (Lipinski definition) is 0. The van der Waals surface area contributed by atoms with Gasteiger partial charge >= 0.3 is 0 Å². The van der Waals surface area contributed by atoms with Gasteiger partial charge in [0, 0.05) is 5.41 Å². The molecule has 132 valence electrons. The van der Waals surface area contributed by atoms with Crippen LogP contribution in [-0.2, 0) is 5.41 Å². The average Bonchev–Trinajstić information content (AvgIpc) is 2.93. The smallest absolute Gasteiger partial charge is 0.0317 e. The van der Waals surface area contributed by atoms with Gasteiger partial charge in [0.2, 0.25) is 0 Å². The molecule has 1 spiro atoms. The molecular formula is C26H28. The molecule has 0 atom stereocenters. The third-order valence-corrected chi connectivity index (χ3v) is 7.57. The van der Waals surface area contributed by atoms with Crippen molar-refractivity contribution in [3.8, 4) is 11.1 Å². The maximum Gasteiger partial charge on any atom is 0.0317 e. The topological polar surface area (TPSA) is 0 Å². The average molecular weight is 341 g/mol. The van der Waals surface area contributed by atoms with E-state index in [2.05, 4.69) is 88.4 Å². The number of fused-ring (bicyclic) bond motifs is 7. The predicted molar refractivity (Wildman–Crippen MR) is 112 cm³/mol. The van der Waals surface area contributed by atoms with Gasteiger partial charge in [-0.3, -0.25) is 0 Å². The Labute approximate surface area is 157 Å². The quantitative estimate of drug-likeness (QED) is 0.401. The van der Waals surface area contributed by atoms with Crippen molar-refractivity contribution in [2.75, 3.05) is 0 Å². The summed E-state index contributed by atoms with van der Waals surface area (Å²) in [4.78, 5) is 0. The standard InChI is InChI=1S/C26H28/c1-24(2)16-9-17-25(3,4)26(24)21-13-8-7-12-20(21)23-19-11-6-5-10-18(19)14-15-22(23)26/h5-8,10-15H,9,16-17H2,1-4H3. The van der Waals surface area contributed by atoms with Crippen molar-refractivity contribution < 1.29 is 0 Å². The highest BCUT2D eigenvalue weighted by atomic mass is 14.6. The van der Waals surface area contributed by atoms with E-state index in [1.54, 1.807) is 11.1 Å². The summed E-state index contributed by atoms with van der Waals surface area (Å²) in [6, 6.07) is 22.9. The third kappa shape index (κ3) is 1.71. The first-order valence-corrected chi connectivity index (χ1v) is 10.0. The van der Waals surface area contributed by atoms with Gasteiger partial charge in [-0.1, -0.05) is 94.8 Å². The summed E-state index contributed by atoms with van der Waals surface area (Å²) in [6.07, 6.45) is 3.90. The second kappa shape index (κ2) is 5.00. The number of hydrogen-bond donors (Lipinski definition) is 0. The summed E-state index contributed by atoms with van der Waals surface area (Å²) < 4.78 is 0. The first-order valence-electron chi connectivity index (χ1n) is 10.0. The fourth-order valence-corrected chi connectivity index (χ4v) is 6.77. The molecule has 0 amide bonds. The summed E-state index contributed by atoms with van der Waals surface area (Å²) >= 11 is 0. The molecule has 3 aromatic carbocycles. The fourth-order valence-electron chi connectivity index (χ4n) is 6.77. The molecule has 0 N–H and O–H groups in total. The van der Waals surface area contributed by atoms with Gasteiger partial charge in [0.15, 0.2) is 0 Å². The zero-order chi connectivity index (χ0) is 18.2. The van der Waals surface area contributed by atoms with Gasteiger partial charge in [0.1, 0.15) is 0 Å². The van der Waals surface area contributed by atoms with E-state index in [1.165, 1.54) is 41.2 Å².